The van der Waals surface area contributed by atoms with Gasteiger partial charge in [0, 0.05) is 25.7 Å². The van der Waals surface area contributed by atoms with Gasteiger partial charge >= 0.3 is 0 Å². The van der Waals surface area contributed by atoms with Gasteiger partial charge in [-0.05, 0) is 34.9 Å². The van der Waals surface area contributed by atoms with Crippen LogP contribution in [-0.4, -0.2) is 18.0 Å². The summed E-state index contributed by atoms with van der Waals surface area (Å²) >= 11 is 1.75. The first-order valence-electron chi connectivity index (χ1n) is 6.31. The van der Waals surface area contributed by atoms with Crippen molar-refractivity contribution in [2.24, 2.45) is 5.73 Å². The molecule has 0 radical (unpaired) electrons. The highest BCUT2D eigenvalue weighted by Crippen LogP contribution is 2.23. The van der Waals surface area contributed by atoms with E-state index in [0.717, 1.165) is 13.1 Å². The van der Waals surface area contributed by atoms with Crippen LogP contribution in [0, 0.1) is 0 Å². The standard InChI is InChI=1S/C15H20N2S/c1-13(15-7-10-18-12-15)17(9-8-16)11-14-5-3-2-4-6-14/h2-7,10,12-13H,8-9,11,16H2,1H3. The van der Waals surface area contributed by atoms with Crippen LogP contribution in [0.4, 0.5) is 0 Å². The second kappa shape index (κ2) is 6.69. The Morgan fingerprint density at radius 1 is 1.22 bits per heavy atom. The Bertz CT molecular complexity index is 439. The minimum atomic E-state index is 0.417. The Morgan fingerprint density at radius 3 is 2.61 bits per heavy atom. The molecule has 1 aromatic carbocycles. The van der Waals surface area contributed by atoms with Crippen LogP contribution in [0.1, 0.15) is 24.1 Å². The summed E-state index contributed by atoms with van der Waals surface area (Å²) < 4.78 is 0. The lowest BCUT2D eigenvalue weighted by molar-refractivity contribution is 0.208. The number of thiophene rings is 1. The van der Waals surface area contributed by atoms with Gasteiger partial charge in [0.2, 0.25) is 0 Å². The van der Waals surface area contributed by atoms with Gasteiger partial charge in [-0.25, -0.2) is 0 Å². The molecule has 1 aromatic heterocycles. The first-order valence-corrected chi connectivity index (χ1v) is 7.25. The first-order chi connectivity index (χ1) is 8.81. The molecule has 0 aliphatic heterocycles. The lowest BCUT2D eigenvalue weighted by Gasteiger charge is -2.28. The van der Waals surface area contributed by atoms with Gasteiger partial charge in [0.05, 0.1) is 0 Å². The van der Waals surface area contributed by atoms with Crippen LogP contribution in [0.2, 0.25) is 0 Å². The maximum absolute atomic E-state index is 5.74. The summed E-state index contributed by atoms with van der Waals surface area (Å²) in [4.78, 5) is 2.43. The van der Waals surface area contributed by atoms with Gasteiger partial charge < -0.3 is 5.73 Å². The molecule has 2 N–H and O–H groups in total. The summed E-state index contributed by atoms with van der Waals surface area (Å²) in [7, 11) is 0. The highest BCUT2D eigenvalue weighted by molar-refractivity contribution is 7.07. The minimum Gasteiger partial charge on any atom is -0.329 e. The number of hydrogen-bond donors (Lipinski definition) is 1. The van der Waals surface area contributed by atoms with Crippen molar-refractivity contribution in [3.63, 3.8) is 0 Å². The molecule has 0 aliphatic rings. The Balaban J connectivity index is 2.08. The molecule has 1 unspecified atom stereocenters. The maximum Gasteiger partial charge on any atom is 0.0332 e. The fraction of sp³-hybridized carbons (Fsp3) is 0.333. The van der Waals surface area contributed by atoms with Crippen LogP contribution in [0.15, 0.2) is 47.2 Å². The van der Waals surface area contributed by atoms with Crippen molar-refractivity contribution in [1.29, 1.82) is 0 Å². The zero-order valence-corrected chi connectivity index (χ0v) is 11.6. The Hall–Kier alpha value is -1.16. The van der Waals surface area contributed by atoms with Crippen LogP contribution in [0.25, 0.3) is 0 Å². The van der Waals surface area contributed by atoms with Crippen molar-refractivity contribution in [2.45, 2.75) is 19.5 Å². The van der Waals surface area contributed by atoms with Crippen molar-refractivity contribution >= 4 is 11.3 Å². The topological polar surface area (TPSA) is 29.3 Å². The van der Waals surface area contributed by atoms with Gasteiger partial charge in [0.25, 0.3) is 0 Å². The third kappa shape index (κ3) is 3.42. The van der Waals surface area contributed by atoms with Crippen molar-refractivity contribution in [2.75, 3.05) is 13.1 Å². The number of rotatable bonds is 6. The number of benzene rings is 1. The summed E-state index contributed by atoms with van der Waals surface area (Å²) in [5, 5.41) is 4.36. The Labute approximate surface area is 113 Å². The molecule has 0 saturated heterocycles. The summed E-state index contributed by atoms with van der Waals surface area (Å²) in [6.45, 7) is 4.82. The van der Waals surface area contributed by atoms with Gasteiger partial charge in [-0.15, -0.1) is 0 Å². The molecule has 0 fully saturated rings. The van der Waals surface area contributed by atoms with E-state index < -0.39 is 0 Å². The SMILES string of the molecule is CC(c1ccsc1)N(CCN)Cc1ccccc1. The molecule has 0 bridgehead atoms. The third-order valence-electron chi connectivity index (χ3n) is 3.22. The largest absolute Gasteiger partial charge is 0.329 e. The highest BCUT2D eigenvalue weighted by Gasteiger charge is 2.15. The van der Waals surface area contributed by atoms with E-state index in [1.54, 1.807) is 11.3 Å². The fourth-order valence-corrected chi connectivity index (χ4v) is 2.86. The fourth-order valence-electron chi connectivity index (χ4n) is 2.12. The first kappa shape index (κ1) is 13.3. The molecule has 2 rings (SSSR count). The van der Waals surface area contributed by atoms with Crippen molar-refractivity contribution in [1.82, 2.24) is 4.90 Å². The molecule has 1 heterocycles. The van der Waals surface area contributed by atoms with E-state index in [4.69, 9.17) is 5.73 Å². The monoisotopic (exact) mass is 260 g/mol. The zero-order valence-electron chi connectivity index (χ0n) is 10.8. The molecule has 3 heteroatoms. The van der Waals surface area contributed by atoms with Crippen molar-refractivity contribution in [3.05, 3.63) is 58.3 Å². The summed E-state index contributed by atoms with van der Waals surface area (Å²) in [5.74, 6) is 0. The van der Waals surface area contributed by atoms with Gasteiger partial charge in [0.1, 0.15) is 0 Å². The van der Waals surface area contributed by atoms with Crippen LogP contribution >= 0.6 is 11.3 Å². The Morgan fingerprint density at radius 2 is 2.00 bits per heavy atom. The summed E-state index contributed by atoms with van der Waals surface area (Å²) in [6.07, 6.45) is 0. The van der Waals surface area contributed by atoms with E-state index in [0.29, 0.717) is 12.6 Å². The molecule has 0 spiro atoms. The minimum absolute atomic E-state index is 0.417. The summed E-state index contributed by atoms with van der Waals surface area (Å²) in [6, 6.07) is 13.2. The number of nitrogens with two attached hydrogens (primary N) is 1. The van der Waals surface area contributed by atoms with E-state index in [-0.39, 0.29) is 0 Å². The third-order valence-corrected chi connectivity index (χ3v) is 3.92. The number of nitrogens with zero attached hydrogens (tertiary/aromatic N) is 1. The molecule has 96 valence electrons. The average Bonchev–Trinajstić information content (AvgIpc) is 2.92. The summed E-state index contributed by atoms with van der Waals surface area (Å²) in [5.41, 5.74) is 8.46. The second-order valence-corrected chi connectivity index (χ2v) is 5.26. The zero-order chi connectivity index (χ0) is 12.8. The van der Waals surface area contributed by atoms with Gasteiger partial charge in [-0.2, -0.15) is 11.3 Å². The van der Waals surface area contributed by atoms with Crippen LogP contribution in [0.5, 0.6) is 0 Å². The smallest absolute Gasteiger partial charge is 0.0332 e. The van der Waals surface area contributed by atoms with Gasteiger partial charge in [0.15, 0.2) is 0 Å². The molecule has 18 heavy (non-hydrogen) atoms. The predicted molar refractivity (Wildman–Crippen MR) is 78.6 cm³/mol. The normalized spacial score (nSPS) is 12.8. The van der Waals surface area contributed by atoms with Gasteiger partial charge in [-0.3, -0.25) is 4.90 Å². The van der Waals surface area contributed by atoms with Crippen LogP contribution in [-0.2, 0) is 6.54 Å². The molecule has 2 aromatic rings. The molecule has 0 saturated carbocycles. The van der Waals surface area contributed by atoms with E-state index in [2.05, 4.69) is 59.0 Å². The van der Waals surface area contributed by atoms with Crippen molar-refractivity contribution in [3.8, 4) is 0 Å². The van der Waals surface area contributed by atoms with Crippen molar-refractivity contribution < 1.29 is 0 Å². The quantitative estimate of drug-likeness (QED) is 0.863. The Kier molecular flexibility index (Phi) is 4.93. The van der Waals surface area contributed by atoms with E-state index in [1.165, 1.54) is 11.1 Å². The van der Waals surface area contributed by atoms with E-state index in [1.807, 2.05) is 0 Å². The predicted octanol–water partition coefficient (Wildman–Crippen LogP) is 3.27. The average molecular weight is 260 g/mol. The molecule has 0 aliphatic carbocycles. The number of hydrogen-bond acceptors (Lipinski definition) is 3. The second-order valence-electron chi connectivity index (χ2n) is 4.48. The molecule has 2 nitrogen and oxygen atoms in total. The molecular formula is C15H20N2S. The van der Waals surface area contributed by atoms with Crippen LogP contribution < -0.4 is 5.73 Å². The highest BCUT2D eigenvalue weighted by atomic mass is 32.1. The maximum atomic E-state index is 5.74. The molecule has 0 amide bonds. The van der Waals surface area contributed by atoms with Gasteiger partial charge in [-0.1, -0.05) is 30.3 Å². The lowest BCUT2D eigenvalue weighted by Crippen LogP contribution is -2.31. The molecular weight excluding hydrogens is 240 g/mol. The van der Waals surface area contributed by atoms with Crippen LogP contribution in [0.3, 0.4) is 0 Å². The lowest BCUT2D eigenvalue weighted by atomic mass is 10.1. The molecule has 1 atom stereocenters. The van der Waals surface area contributed by atoms with E-state index in [9.17, 15) is 0 Å². The van der Waals surface area contributed by atoms with E-state index >= 15 is 0 Å².